The lowest BCUT2D eigenvalue weighted by Crippen LogP contribution is -2.36. The van der Waals surface area contributed by atoms with Crippen LogP contribution in [0.25, 0.3) is 0 Å². The average molecular weight is 501 g/mol. The summed E-state index contributed by atoms with van der Waals surface area (Å²) in [5.74, 6) is -1.44. The number of carbonyl (C=O) groups is 2. The summed E-state index contributed by atoms with van der Waals surface area (Å²) < 4.78 is 55.8. The minimum atomic E-state index is -4.46. The minimum absolute atomic E-state index is 0.0284. The highest BCUT2D eigenvalue weighted by atomic mass is 32.2. The number of rotatable bonds is 10. The van der Waals surface area contributed by atoms with E-state index in [2.05, 4.69) is 20.3 Å². The lowest BCUT2D eigenvalue weighted by Gasteiger charge is -2.17. The number of ether oxygens (including phenoxy) is 3. The highest BCUT2D eigenvalue weighted by Gasteiger charge is 2.27. The van der Waals surface area contributed by atoms with Crippen molar-refractivity contribution in [3.05, 3.63) is 29.6 Å². The molecule has 15 heteroatoms. The first-order chi connectivity index (χ1) is 16.0. The maximum Gasteiger partial charge on any atom is 0.343 e. The van der Waals surface area contributed by atoms with Crippen LogP contribution in [0.15, 0.2) is 23.2 Å². The minimum Gasteiger partial charge on any atom is -0.481 e. The molecule has 0 radical (unpaired) electrons. The summed E-state index contributed by atoms with van der Waals surface area (Å²) in [6.45, 7) is 1.83. The van der Waals surface area contributed by atoms with Crippen molar-refractivity contribution < 1.29 is 41.7 Å². The molecule has 3 N–H and O–H groups in total. The van der Waals surface area contributed by atoms with Gasteiger partial charge >= 0.3 is 12.0 Å². The Balaban J connectivity index is 2.23. The summed E-state index contributed by atoms with van der Waals surface area (Å²) in [5.41, 5.74) is 0.223. The second-order valence-corrected chi connectivity index (χ2v) is 8.46. The molecule has 2 rings (SSSR count). The molecule has 34 heavy (non-hydrogen) atoms. The van der Waals surface area contributed by atoms with Gasteiger partial charge in [0.1, 0.15) is 11.0 Å². The van der Waals surface area contributed by atoms with E-state index in [-0.39, 0.29) is 40.3 Å². The Hall–Kier alpha value is -3.59. The smallest absolute Gasteiger partial charge is 0.343 e. The Morgan fingerprint density at radius 1 is 1.21 bits per heavy atom. The number of esters is 1. The number of pyridine rings is 1. The van der Waals surface area contributed by atoms with Crippen molar-refractivity contribution in [3.63, 3.8) is 0 Å². The number of anilines is 1. The fourth-order valence-electron chi connectivity index (χ4n) is 2.74. The van der Waals surface area contributed by atoms with Crippen LogP contribution in [0.3, 0.4) is 0 Å². The van der Waals surface area contributed by atoms with E-state index in [1.165, 1.54) is 46.4 Å². The van der Waals surface area contributed by atoms with E-state index in [0.29, 0.717) is 0 Å². The molecule has 2 aromatic rings. The molecule has 0 fully saturated rings. The van der Waals surface area contributed by atoms with Crippen LogP contribution in [0.5, 0.6) is 11.8 Å². The third-order valence-electron chi connectivity index (χ3n) is 4.21. The molecule has 0 saturated heterocycles. The third kappa shape index (κ3) is 6.95. The molecule has 0 saturated carbocycles. The molecule has 2 amide bonds. The number of hydrogen-bond acceptors (Lipinski definition) is 11. The quantitative estimate of drug-likeness (QED) is 0.386. The van der Waals surface area contributed by atoms with Crippen molar-refractivity contribution in [1.82, 2.24) is 19.7 Å². The molecule has 0 spiro atoms. The second-order valence-electron chi connectivity index (χ2n) is 6.84. The normalized spacial score (nSPS) is 12.9. The van der Waals surface area contributed by atoms with Gasteiger partial charge in [-0.05, 0) is 25.5 Å². The van der Waals surface area contributed by atoms with Gasteiger partial charge in [0.25, 0.3) is 10.0 Å². The summed E-state index contributed by atoms with van der Waals surface area (Å²) in [6.07, 6.45) is -2.08. The summed E-state index contributed by atoms with van der Waals surface area (Å²) >= 11 is 0. The Bertz CT molecular complexity index is 1130. The Labute approximate surface area is 194 Å². The highest BCUT2D eigenvalue weighted by molar-refractivity contribution is 7.90. The molecule has 0 aliphatic carbocycles. The summed E-state index contributed by atoms with van der Waals surface area (Å²) in [4.78, 5) is 35.4. The number of aromatic nitrogens is 3. The monoisotopic (exact) mass is 501 g/mol. The number of sulfonamides is 1. The SMILES string of the molecule is COc1cc(OC)nc(NC(=O)NS(=O)(=O)c2c(C)ccnc2CC(C)OC(=O)C(F)CO)n1. The van der Waals surface area contributed by atoms with Crippen molar-refractivity contribution in [2.75, 3.05) is 26.1 Å². The van der Waals surface area contributed by atoms with Gasteiger partial charge in [-0.15, -0.1) is 0 Å². The van der Waals surface area contributed by atoms with Gasteiger partial charge in [-0.25, -0.2) is 27.1 Å². The fraction of sp³-hybridized carbons (Fsp3) is 0.421. The number of methoxy groups -OCH3 is 2. The van der Waals surface area contributed by atoms with Crippen LogP contribution in [-0.2, 0) is 26.0 Å². The molecule has 0 aliphatic heterocycles. The number of amides is 2. The summed E-state index contributed by atoms with van der Waals surface area (Å²) in [6, 6.07) is 1.59. The first kappa shape index (κ1) is 26.7. The van der Waals surface area contributed by atoms with Gasteiger partial charge in [-0.3, -0.25) is 10.3 Å². The molecule has 2 unspecified atom stereocenters. The van der Waals surface area contributed by atoms with Crippen molar-refractivity contribution >= 4 is 28.0 Å². The Morgan fingerprint density at radius 2 is 1.82 bits per heavy atom. The highest BCUT2D eigenvalue weighted by Crippen LogP contribution is 2.21. The number of aliphatic hydroxyl groups excluding tert-OH is 1. The molecular formula is C19H24FN5O8S. The number of aliphatic hydroxyl groups is 1. The van der Waals surface area contributed by atoms with E-state index in [9.17, 15) is 22.4 Å². The van der Waals surface area contributed by atoms with Crippen molar-refractivity contribution in [3.8, 4) is 11.8 Å². The molecule has 2 aromatic heterocycles. The van der Waals surface area contributed by atoms with Crippen molar-refractivity contribution in [2.45, 2.75) is 37.4 Å². The maximum absolute atomic E-state index is 13.3. The number of hydrogen-bond donors (Lipinski definition) is 3. The number of halogens is 1. The zero-order chi connectivity index (χ0) is 25.5. The standard InChI is InChI=1S/C19H24FN5O8S/c1-10-5-6-21-13(7-11(2)33-17(27)12(20)9-26)16(10)34(29,30)25-19(28)24-18-22-14(31-3)8-15(23-18)32-4/h5-6,8,11-12,26H,7,9H2,1-4H3,(H2,22,23,24,25,28). The van der Waals surface area contributed by atoms with Gasteiger partial charge in [0.05, 0.1) is 32.6 Å². The van der Waals surface area contributed by atoms with Crippen molar-refractivity contribution in [2.24, 2.45) is 0 Å². The zero-order valence-corrected chi connectivity index (χ0v) is 19.6. The van der Waals surface area contributed by atoms with E-state index in [4.69, 9.17) is 19.3 Å². The van der Waals surface area contributed by atoms with E-state index >= 15 is 0 Å². The van der Waals surface area contributed by atoms with Crippen LogP contribution in [0.2, 0.25) is 0 Å². The average Bonchev–Trinajstić information content (AvgIpc) is 2.77. The van der Waals surface area contributed by atoms with Crippen molar-refractivity contribution in [1.29, 1.82) is 0 Å². The van der Waals surface area contributed by atoms with Crippen LogP contribution >= 0.6 is 0 Å². The summed E-state index contributed by atoms with van der Waals surface area (Å²) in [5, 5.41) is 10.9. The first-order valence-electron chi connectivity index (χ1n) is 9.71. The van der Waals surface area contributed by atoms with Crippen LogP contribution < -0.4 is 19.5 Å². The summed E-state index contributed by atoms with van der Waals surface area (Å²) in [7, 11) is -1.80. The van der Waals surface area contributed by atoms with E-state index in [0.717, 1.165) is 0 Å². The lowest BCUT2D eigenvalue weighted by atomic mass is 10.1. The van der Waals surface area contributed by atoms with Crippen LogP contribution in [-0.4, -0.2) is 73.6 Å². The van der Waals surface area contributed by atoms with E-state index in [1.807, 2.05) is 4.72 Å². The maximum atomic E-state index is 13.3. The van der Waals surface area contributed by atoms with Gasteiger partial charge in [0.15, 0.2) is 0 Å². The van der Waals surface area contributed by atoms with Crippen LogP contribution in [0, 0.1) is 6.92 Å². The molecule has 2 heterocycles. The molecule has 186 valence electrons. The molecule has 0 aromatic carbocycles. The number of nitrogens with one attached hydrogen (secondary N) is 2. The fourth-order valence-corrected chi connectivity index (χ4v) is 4.08. The zero-order valence-electron chi connectivity index (χ0n) is 18.7. The van der Waals surface area contributed by atoms with E-state index < -0.39 is 40.9 Å². The van der Waals surface area contributed by atoms with Gasteiger partial charge in [0.2, 0.25) is 23.9 Å². The number of urea groups is 1. The number of alkyl halides is 1. The molecule has 0 aliphatic rings. The number of carbonyl (C=O) groups excluding carboxylic acids is 2. The van der Waals surface area contributed by atoms with Crippen LogP contribution in [0.4, 0.5) is 15.1 Å². The lowest BCUT2D eigenvalue weighted by molar-refractivity contribution is -0.155. The molecule has 2 atom stereocenters. The van der Waals surface area contributed by atoms with Gasteiger partial charge in [0, 0.05) is 12.6 Å². The predicted molar refractivity (Wildman–Crippen MR) is 115 cm³/mol. The van der Waals surface area contributed by atoms with Gasteiger partial charge in [-0.1, -0.05) is 0 Å². The number of aryl methyl sites for hydroxylation is 1. The second kappa shape index (κ2) is 11.5. The first-order valence-corrected chi connectivity index (χ1v) is 11.2. The van der Waals surface area contributed by atoms with Gasteiger partial charge < -0.3 is 19.3 Å². The van der Waals surface area contributed by atoms with E-state index in [1.54, 1.807) is 0 Å². The topological polar surface area (TPSA) is 179 Å². The third-order valence-corrected chi connectivity index (χ3v) is 5.76. The number of nitrogens with zero attached hydrogens (tertiary/aromatic N) is 3. The largest absolute Gasteiger partial charge is 0.481 e. The molecule has 13 nitrogen and oxygen atoms in total. The van der Waals surface area contributed by atoms with Gasteiger partial charge in [-0.2, -0.15) is 9.97 Å². The Kier molecular flexibility index (Phi) is 9.03. The molecular weight excluding hydrogens is 477 g/mol. The van der Waals surface area contributed by atoms with Crippen LogP contribution in [0.1, 0.15) is 18.2 Å². The predicted octanol–water partition coefficient (Wildman–Crippen LogP) is 0.512. The Morgan fingerprint density at radius 3 is 2.38 bits per heavy atom. The molecule has 0 bridgehead atoms.